The molecule has 1 atom stereocenters. The van der Waals surface area contributed by atoms with Crippen LogP contribution in [0.1, 0.15) is 23.2 Å². The molecule has 6 heteroatoms. The SMILES string of the molecule is C=CCN1C[C@H](C(=O)NCCc2c(C)[nH]c3ccc(C#N)cc23)CC1=O. The summed E-state index contributed by atoms with van der Waals surface area (Å²) in [6, 6.07) is 7.72. The van der Waals surface area contributed by atoms with Crippen molar-refractivity contribution < 1.29 is 9.59 Å². The van der Waals surface area contributed by atoms with Gasteiger partial charge in [0.1, 0.15) is 0 Å². The summed E-state index contributed by atoms with van der Waals surface area (Å²) in [6.07, 6.45) is 2.61. The van der Waals surface area contributed by atoms with Gasteiger partial charge >= 0.3 is 0 Å². The van der Waals surface area contributed by atoms with E-state index in [1.165, 1.54) is 0 Å². The summed E-state index contributed by atoms with van der Waals surface area (Å²) in [5.74, 6) is -0.376. The first-order valence-electron chi connectivity index (χ1n) is 8.71. The van der Waals surface area contributed by atoms with Crippen molar-refractivity contribution in [3.63, 3.8) is 0 Å². The minimum Gasteiger partial charge on any atom is -0.358 e. The monoisotopic (exact) mass is 350 g/mol. The van der Waals surface area contributed by atoms with Crippen LogP contribution in [-0.4, -0.2) is 41.3 Å². The Labute approximate surface area is 152 Å². The number of carbonyl (C=O) groups excluding carboxylic acids is 2. The van der Waals surface area contributed by atoms with Crippen LogP contribution in [0.5, 0.6) is 0 Å². The molecule has 1 aliphatic heterocycles. The molecule has 3 rings (SSSR count). The Morgan fingerprint density at radius 2 is 2.35 bits per heavy atom. The van der Waals surface area contributed by atoms with E-state index in [0.717, 1.165) is 22.2 Å². The number of aryl methyl sites for hydroxylation is 1. The predicted molar refractivity (Wildman–Crippen MR) is 99.3 cm³/mol. The molecule has 1 aliphatic rings. The van der Waals surface area contributed by atoms with Crippen molar-refractivity contribution in [3.05, 3.63) is 47.7 Å². The molecule has 6 nitrogen and oxygen atoms in total. The maximum atomic E-state index is 12.4. The quantitative estimate of drug-likeness (QED) is 0.781. The summed E-state index contributed by atoms with van der Waals surface area (Å²) in [6.45, 7) is 7.06. The van der Waals surface area contributed by atoms with Crippen LogP contribution in [0.25, 0.3) is 10.9 Å². The van der Waals surface area contributed by atoms with E-state index in [4.69, 9.17) is 5.26 Å². The molecule has 2 N–H and O–H groups in total. The number of nitrogens with one attached hydrogen (secondary N) is 2. The Morgan fingerprint density at radius 1 is 1.54 bits per heavy atom. The zero-order valence-electron chi connectivity index (χ0n) is 14.8. The smallest absolute Gasteiger partial charge is 0.225 e. The Hall–Kier alpha value is -3.07. The molecule has 26 heavy (non-hydrogen) atoms. The number of aromatic amines is 1. The molecule has 0 bridgehead atoms. The zero-order chi connectivity index (χ0) is 18.7. The third kappa shape index (κ3) is 3.47. The topological polar surface area (TPSA) is 89.0 Å². The van der Waals surface area contributed by atoms with E-state index in [0.29, 0.717) is 31.6 Å². The van der Waals surface area contributed by atoms with E-state index in [2.05, 4.69) is 22.9 Å². The molecule has 0 spiro atoms. The Balaban J connectivity index is 1.62. The van der Waals surface area contributed by atoms with E-state index in [1.54, 1.807) is 17.0 Å². The molecule has 2 heterocycles. The summed E-state index contributed by atoms with van der Waals surface area (Å²) in [5, 5.41) is 13.1. The maximum absolute atomic E-state index is 12.4. The number of fused-ring (bicyclic) bond motifs is 1. The van der Waals surface area contributed by atoms with Gasteiger partial charge in [-0.1, -0.05) is 6.08 Å². The standard InChI is InChI=1S/C20H22N4O2/c1-3-8-24-12-15(10-19(24)25)20(26)22-7-6-16-13(2)23-18-5-4-14(11-21)9-17(16)18/h3-5,9,15,23H,1,6-8,10,12H2,2H3,(H,22,26)/t15-/m1/s1. The number of hydrogen-bond acceptors (Lipinski definition) is 3. The second-order valence-corrected chi connectivity index (χ2v) is 6.63. The molecule has 2 aromatic rings. The first-order valence-corrected chi connectivity index (χ1v) is 8.71. The van der Waals surface area contributed by atoms with Crippen molar-refractivity contribution in [2.75, 3.05) is 19.6 Å². The largest absolute Gasteiger partial charge is 0.358 e. The number of likely N-dealkylation sites (tertiary alicyclic amines) is 1. The summed E-state index contributed by atoms with van der Waals surface area (Å²) < 4.78 is 0. The normalized spacial score (nSPS) is 16.7. The Bertz CT molecular complexity index is 906. The summed E-state index contributed by atoms with van der Waals surface area (Å²) >= 11 is 0. The number of rotatable bonds is 6. The summed E-state index contributed by atoms with van der Waals surface area (Å²) in [7, 11) is 0. The predicted octanol–water partition coefficient (Wildman–Crippen LogP) is 2.04. The number of nitrogens with zero attached hydrogens (tertiary/aromatic N) is 2. The average molecular weight is 350 g/mol. The number of benzene rings is 1. The third-order valence-corrected chi connectivity index (χ3v) is 4.86. The van der Waals surface area contributed by atoms with Gasteiger partial charge in [-0.2, -0.15) is 5.26 Å². The van der Waals surface area contributed by atoms with Crippen LogP contribution in [0.3, 0.4) is 0 Å². The number of amides is 2. The molecule has 1 saturated heterocycles. The van der Waals surface area contributed by atoms with Crippen LogP contribution in [0.4, 0.5) is 0 Å². The highest BCUT2D eigenvalue weighted by molar-refractivity contribution is 5.89. The van der Waals surface area contributed by atoms with Gasteiger partial charge in [0.25, 0.3) is 0 Å². The van der Waals surface area contributed by atoms with Crippen LogP contribution in [0.15, 0.2) is 30.9 Å². The fraction of sp³-hybridized carbons (Fsp3) is 0.350. The lowest BCUT2D eigenvalue weighted by Gasteiger charge is -2.14. The minimum atomic E-state index is -0.295. The van der Waals surface area contributed by atoms with Gasteiger partial charge in [0.2, 0.25) is 11.8 Å². The molecular formula is C20H22N4O2. The maximum Gasteiger partial charge on any atom is 0.225 e. The van der Waals surface area contributed by atoms with Crippen molar-refractivity contribution in [1.82, 2.24) is 15.2 Å². The fourth-order valence-electron chi connectivity index (χ4n) is 3.51. The Kier molecular flexibility index (Phi) is 5.08. The molecule has 1 aromatic heterocycles. The lowest BCUT2D eigenvalue weighted by Crippen LogP contribution is -2.34. The lowest BCUT2D eigenvalue weighted by atomic mass is 10.0. The highest BCUT2D eigenvalue weighted by atomic mass is 16.2. The van der Waals surface area contributed by atoms with E-state index in [1.807, 2.05) is 19.1 Å². The second kappa shape index (κ2) is 7.44. The van der Waals surface area contributed by atoms with Gasteiger partial charge in [-0.05, 0) is 37.1 Å². The van der Waals surface area contributed by atoms with E-state index in [9.17, 15) is 9.59 Å². The van der Waals surface area contributed by atoms with Gasteiger partial charge in [0, 0.05) is 42.7 Å². The first-order chi connectivity index (χ1) is 12.5. The van der Waals surface area contributed by atoms with Crippen molar-refractivity contribution in [2.24, 2.45) is 5.92 Å². The summed E-state index contributed by atoms with van der Waals surface area (Å²) in [5.41, 5.74) is 3.75. The molecule has 0 unspecified atom stereocenters. The molecular weight excluding hydrogens is 328 g/mol. The van der Waals surface area contributed by atoms with Gasteiger partial charge in [-0.25, -0.2) is 0 Å². The van der Waals surface area contributed by atoms with Crippen LogP contribution in [-0.2, 0) is 16.0 Å². The Morgan fingerprint density at radius 3 is 3.08 bits per heavy atom. The number of H-pyrrole nitrogens is 1. The second-order valence-electron chi connectivity index (χ2n) is 6.63. The molecule has 1 fully saturated rings. The number of hydrogen-bond donors (Lipinski definition) is 2. The number of carbonyl (C=O) groups is 2. The van der Waals surface area contributed by atoms with Crippen LogP contribution < -0.4 is 5.32 Å². The molecule has 0 aliphatic carbocycles. The molecule has 0 saturated carbocycles. The highest BCUT2D eigenvalue weighted by Gasteiger charge is 2.33. The van der Waals surface area contributed by atoms with Crippen molar-refractivity contribution in [2.45, 2.75) is 19.8 Å². The van der Waals surface area contributed by atoms with E-state index < -0.39 is 0 Å². The highest BCUT2D eigenvalue weighted by Crippen LogP contribution is 2.24. The third-order valence-electron chi connectivity index (χ3n) is 4.86. The zero-order valence-corrected chi connectivity index (χ0v) is 14.8. The average Bonchev–Trinajstić information content (AvgIpc) is 3.15. The van der Waals surface area contributed by atoms with Gasteiger partial charge < -0.3 is 15.2 Å². The van der Waals surface area contributed by atoms with E-state index in [-0.39, 0.29) is 24.2 Å². The van der Waals surface area contributed by atoms with Crippen LogP contribution in [0, 0.1) is 24.2 Å². The van der Waals surface area contributed by atoms with Gasteiger partial charge in [-0.3, -0.25) is 9.59 Å². The van der Waals surface area contributed by atoms with Gasteiger partial charge in [0.05, 0.1) is 17.6 Å². The van der Waals surface area contributed by atoms with Crippen molar-refractivity contribution in [3.8, 4) is 6.07 Å². The first kappa shape index (κ1) is 17.7. The number of aromatic nitrogens is 1. The van der Waals surface area contributed by atoms with Crippen molar-refractivity contribution >= 4 is 22.7 Å². The van der Waals surface area contributed by atoms with Crippen LogP contribution in [0.2, 0.25) is 0 Å². The van der Waals surface area contributed by atoms with Crippen molar-refractivity contribution in [1.29, 1.82) is 5.26 Å². The van der Waals surface area contributed by atoms with E-state index >= 15 is 0 Å². The van der Waals surface area contributed by atoms with Gasteiger partial charge in [0.15, 0.2) is 0 Å². The van der Waals surface area contributed by atoms with Crippen LogP contribution >= 0.6 is 0 Å². The molecule has 2 amide bonds. The van der Waals surface area contributed by atoms with Gasteiger partial charge in [-0.15, -0.1) is 6.58 Å². The molecule has 0 radical (unpaired) electrons. The summed E-state index contributed by atoms with van der Waals surface area (Å²) in [4.78, 5) is 29.2. The molecule has 134 valence electrons. The minimum absolute atomic E-state index is 0.00144. The lowest BCUT2D eigenvalue weighted by molar-refractivity contribution is -0.128. The number of nitriles is 1. The molecule has 1 aromatic carbocycles. The fourth-order valence-corrected chi connectivity index (χ4v) is 3.51.